The summed E-state index contributed by atoms with van der Waals surface area (Å²) in [5.41, 5.74) is 7.30. The van der Waals surface area contributed by atoms with Crippen molar-refractivity contribution in [2.45, 2.75) is 13.2 Å². The largest absolute Gasteiger partial charge is 0.380 e. The first-order valence-corrected chi connectivity index (χ1v) is 5.86. The number of amides is 1. The van der Waals surface area contributed by atoms with Crippen molar-refractivity contribution < 1.29 is 14.3 Å². The fourth-order valence-corrected chi connectivity index (χ4v) is 1.47. The molecule has 1 aromatic carbocycles. The minimum atomic E-state index is -0.441. The number of hydrogen-bond acceptors (Lipinski definition) is 4. The lowest BCUT2D eigenvalue weighted by Crippen LogP contribution is -2.23. The van der Waals surface area contributed by atoms with E-state index in [1.165, 1.54) is 5.56 Å². The van der Waals surface area contributed by atoms with Gasteiger partial charge in [0.1, 0.15) is 6.61 Å². The van der Waals surface area contributed by atoms with Gasteiger partial charge in [-0.1, -0.05) is 24.3 Å². The monoisotopic (exact) mass is 252 g/mol. The van der Waals surface area contributed by atoms with Gasteiger partial charge in [0.05, 0.1) is 13.2 Å². The number of benzene rings is 1. The Morgan fingerprint density at radius 2 is 1.94 bits per heavy atom. The van der Waals surface area contributed by atoms with Crippen molar-refractivity contribution in [3.63, 3.8) is 0 Å². The Labute approximate surface area is 107 Å². The molecule has 0 atom stereocenters. The van der Waals surface area contributed by atoms with Gasteiger partial charge in [-0.25, -0.2) is 0 Å². The number of methoxy groups -OCH3 is 1. The van der Waals surface area contributed by atoms with Crippen molar-refractivity contribution >= 4 is 5.91 Å². The summed E-state index contributed by atoms with van der Waals surface area (Å²) < 4.78 is 10.1. The lowest BCUT2D eigenvalue weighted by atomic mass is 10.1. The zero-order chi connectivity index (χ0) is 13.2. The summed E-state index contributed by atoms with van der Waals surface area (Å²) in [4.78, 5) is 10.4. The Morgan fingerprint density at radius 3 is 2.56 bits per heavy atom. The van der Waals surface area contributed by atoms with E-state index in [4.69, 9.17) is 15.2 Å². The summed E-state index contributed by atoms with van der Waals surface area (Å²) in [7, 11) is 1.68. The molecule has 0 bridgehead atoms. The minimum Gasteiger partial charge on any atom is -0.380 e. The molecule has 18 heavy (non-hydrogen) atoms. The average molecular weight is 252 g/mol. The number of ether oxygens (including phenoxy) is 2. The maximum atomic E-state index is 10.4. The standard InChI is InChI=1S/C13H20N2O3/c1-17-9-12-4-2-11(3-5-12)8-15-6-7-18-10-13(14)16/h2-5,15H,6-10H2,1H3,(H2,14,16). The zero-order valence-corrected chi connectivity index (χ0v) is 10.6. The lowest BCUT2D eigenvalue weighted by molar-refractivity contribution is -0.122. The van der Waals surface area contributed by atoms with Crippen LogP contribution in [-0.4, -0.2) is 32.8 Å². The van der Waals surface area contributed by atoms with Gasteiger partial charge in [-0.2, -0.15) is 0 Å². The molecule has 0 aromatic heterocycles. The highest BCUT2D eigenvalue weighted by Gasteiger charge is 1.96. The fraction of sp³-hybridized carbons (Fsp3) is 0.462. The molecule has 100 valence electrons. The van der Waals surface area contributed by atoms with Gasteiger partial charge in [0.25, 0.3) is 0 Å². The van der Waals surface area contributed by atoms with E-state index in [2.05, 4.69) is 17.4 Å². The van der Waals surface area contributed by atoms with E-state index in [1.807, 2.05) is 12.1 Å². The van der Waals surface area contributed by atoms with Crippen molar-refractivity contribution in [1.82, 2.24) is 5.32 Å². The van der Waals surface area contributed by atoms with Gasteiger partial charge in [-0.15, -0.1) is 0 Å². The zero-order valence-electron chi connectivity index (χ0n) is 10.6. The van der Waals surface area contributed by atoms with E-state index < -0.39 is 5.91 Å². The predicted molar refractivity (Wildman–Crippen MR) is 68.9 cm³/mol. The summed E-state index contributed by atoms with van der Waals surface area (Å²) in [6.07, 6.45) is 0. The Hall–Kier alpha value is -1.43. The van der Waals surface area contributed by atoms with Crippen LogP contribution in [0.2, 0.25) is 0 Å². The predicted octanol–water partition coefficient (Wildman–Crippen LogP) is 0.425. The maximum absolute atomic E-state index is 10.4. The summed E-state index contributed by atoms with van der Waals surface area (Å²) >= 11 is 0. The first-order chi connectivity index (χ1) is 8.72. The van der Waals surface area contributed by atoms with E-state index in [0.29, 0.717) is 19.8 Å². The Balaban J connectivity index is 2.13. The Morgan fingerprint density at radius 1 is 1.28 bits per heavy atom. The van der Waals surface area contributed by atoms with Crippen LogP contribution in [0, 0.1) is 0 Å². The summed E-state index contributed by atoms with van der Waals surface area (Å²) in [5.74, 6) is -0.441. The van der Waals surface area contributed by atoms with Crippen LogP contribution in [0.5, 0.6) is 0 Å². The van der Waals surface area contributed by atoms with Crippen molar-refractivity contribution in [2.24, 2.45) is 5.73 Å². The molecule has 5 heteroatoms. The average Bonchev–Trinajstić information content (AvgIpc) is 2.35. The maximum Gasteiger partial charge on any atom is 0.243 e. The molecule has 0 aliphatic carbocycles. The second kappa shape index (κ2) is 8.63. The molecule has 1 rings (SSSR count). The van der Waals surface area contributed by atoms with E-state index in [1.54, 1.807) is 7.11 Å². The van der Waals surface area contributed by atoms with Crippen LogP contribution in [0.15, 0.2) is 24.3 Å². The molecular weight excluding hydrogens is 232 g/mol. The number of rotatable bonds is 9. The molecule has 5 nitrogen and oxygen atoms in total. The number of hydrogen-bond donors (Lipinski definition) is 2. The molecule has 3 N–H and O–H groups in total. The molecular formula is C13H20N2O3. The summed E-state index contributed by atoms with van der Waals surface area (Å²) in [5, 5.41) is 3.22. The van der Waals surface area contributed by atoms with E-state index in [-0.39, 0.29) is 6.61 Å². The van der Waals surface area contributed by atoms with Gasteiger partial charge in [0, 0.05) is 20.2 Å². The second-order valence-corrected chi connectivity index (χ2v) is 3.95. The van der Waals surface area contributed by atoms with Gasteiger partial charge >= 0.3 is 0 Å². The van der Waals surface area contributed by atoms with E-state index >= 15 is 0 Å². The van der Waals surface area contributed by atoms with Crippen molar-refractivity contribution in [1.29, 1.82) is 0 Å². The molecule has 0 aliphatic rings. The smallest absolute Gasteiger partial charge is 0.243 e. The van der Waals surface area contributed by atoms with Crippen LogP contribution >= 0.6 is 0 Å². The highest BCUT2D eigenvalue weighted by Crippen LogP contribution is 2.04. The summed E-state index contributed by atoms with van der Waals surface area (Å²) in [6, 6.07) is 8.21. The van der Waals surface area contributed by atoms with Crippen LogP contribution in [0.1, 0.15) is 11.1 Å². The van der Waals surface area contributed by atoms with E-state index in [0.717, 1.165) is 12.1 Å². The van der Waals surface area contributed by atoms with Crippen LogP contribution in [0.3, 0.4) is 0 Å². The second-order valence-electron chi connectivity index (χ2n) is 3.95. The molecule has 0 saturated carbocycles. The molecule has 1 amide bonds. The number of nitrogens with two attached hydrogens (primary N) is 1. The first kappa shape index (κ1) is 14.6. The molecule has 0 spiro atoms. The topological polar surface area (TPSA) is 73.6 Å². The third-order valence-electron chi connectivity index (χ3n) is 2.33. The third kappa shape index (κ3) is 6.34. The molecule has 0 unspecified atom stereocenters. The fourth-order valence-electron chi connectivity index (χ4n) is 1.47. The molecule has 0 saturated heterocycles. The molecule has 0 heterocycles. The van der Waals surface area contributed by atoms with Crippen LogP contribution in [0.4, 0.5) is 0 Å². The number of carbonyl (C=O) groups excluding carboxylic acids is 1. The van der Waals surface area contributed by atoms with E-state index in [9.17, 15) is 4.79 Å². The summed E-state index contributed by atoms with van der Waals surface area (Å²) in [6.45, 7) is 2.55. The molecule has 0 aliphatic heterocycles. The Bertz CT molecular complexity index is 352. The number of nitrogens with one attached hydrogen (secondary N) is 1. The van der Waals surface area contributed by atoms with Crippen LogP contribution < -0.4 is 11.1 Å². The normalized spacial score (nSPS) is 10.5. The SMILES string of the molecule is COCc1ccc(CNCCOCC(N)=O)cc1. The van der Waals surface area contributed by atoms with Gasteiger partial charge in [-0.3, -0.25) is 4.79 Å². The van der Waals surface area contributed by atoms with Crippen molar-refractivity contribution in [3.05, 3.63) is 35.4 Å². The molecule has 0 fully saturated rings. The molecule has 0 radical (unpaired) electrons. The lowest BCUT2D eigenvalue weighted by Gasteiger charge is -2.06. The van der Waals surface area contributed by atoms with Crippen molar-refractivity contribution in [3.8, 4) is 0 Å². The third-order valence-corrected chi connectivity index (χ3v) is 2.33. The minimum absolute atomic E-state index is 0.0204. The van der Waals surface area contributed by atoms with Gasteiger partial charge in [0.15, 0.2) is 0 Å². The van der Waals surface area contributed by atoms with Gasteiger partial charge < -0.3 is 20.5 Å². The first-order valence-electron chi connectivity index (χ1n) is 5.86. The number of carbonyl (C=O) groups is 1. The van der Waals surface area contributed by atoms with Gasteiger partial charge in [0.2, 0.25) is 5.91 Å². The van der Waals surface area contributed by atoms with Crippen LogP contribution in [-0.2, 0) is 27.4 Å². The quantitative estimate of drug-likeness (QED) is 0.625. The highest BCUT2D eigenvalue weighted by molar-refractivity contribution is 5.74. The number of primary amides is 1. The van der Waals surface area contributed by atoms with Crippen LogP contribution in [0.25, 0.3) is 0 Å². The van der Waals surface area contributed by atoms with Gasteiger partial charge in [-0.05, 0) is 11.1 Å². The van der Waals surface area contributed by atoms with Crippen molar-refractivity contribution in [2.75, 3.05) is 26.9 Å². The Kier molecular flexibility index (Phi) is 7.01. The highest BCUT2D eigenvalue weighted by atomic mass is 16.5. The molecule has 1 aromatic rings.